The van der Waals surface area contributed by atoms with Crippen molar-refractivity contribution in [2.24, 2.45) is 5.92 Å². The third-order valence-electron chi connectivity index (χ3n) is 2.52. The highest BCUT2D eigenvalue weighted by atomic mass is 16.7. The van der Waals surface area contributed by atoms with E-state index < -0.39 is 0 Å². The third kappa shape index (κ3) is 1.10. The molecular formula is C9H14O2. The number of ether oxygens (including phenoxy) is 2. The van der Waals surface area contributed by atoms with Gasteiger partial charge in [0, 0.05) is 5.92 Å². The minimum absolute atomic E-state index is 0.0729. The van der Waals surface area contributed by atoms with Gasteiger partial charge in [-0.25, -0.2) is 0 Å². The topological polar surface area (TPSA) is 18.5 Å². The first-order chi connectivity index (χ1) is 5.31. The zero-order valence-electron chi connectivity index (χ0n) is 7.04. The first kappa shape index (κ1) is 7.32. The van der Waals surface area contributed by atoms with Crippen LogP contribution in [0.1, 0.15) is 20.3 Å². The van der Waals surface area contributed by atoms with Crippen LogP contribution < -0.4 is 0 Å². The van der Waals surface area contributed by atoms with Crippen molar-refractivity contribution in [3.63, 3.8) is 0 Å². The minimum atomic E-state index is 0.0729. The Morgan fingerprint density at radius 1 is 1.55 bits per heavy atom. The predicted octanol–water partition coefficient (Wildman–Crippen LogP) is 1.71. The van der Waals surface area contributed by atoms with Crippen molar-refractivity contribution >= 4 is 0 Å². The van der Waals surface area contributed by atoms with Gasteiger partial charge in [-0.1, -0.05) is 13.0 Å². The lowest BCUT2D eigenvalue weighted by Gasteiger charge is -2.26. The molecule has 2 aliphatic rings. The highest BCUT2D eigenvalue weighted by Crippen LogP contribution is 2.34. The quantitative estimate of drug-likeness (QED) is 0.494. The van der Waals surface area contributed by atoms with E-state index in [4.69, 9.17) is 9.47 Å². The van der Waals surface area contributed by atoms with Gasteiger partial charge in [0.2, 0.25) is 0 Å². The average Bonchev–Trinajstić information content (AvgIpc) is 2.43. The van der Waals surface area contributed by atoms with Crippen LogP contribution in [0.3, 0.4) is 0 Å². The largest absolute Gasteiger partial charge is 0.349 e. The maximum atomic E-state index is 5.62. The summed E-state index contributed by atoms with van der Waals surface area (Å²) in [6.45, 7) is 5.01. The van der Waals surface area contributed by atoms with E-state index in [1.807, 2.05) is 0 Å². The standard InChI is InChI=1S/C9H14O2/c1-3-7-4-6(2)9-10-5-8(7)11-9/h3,6,8-9H,4-5H2,1-2H3. The van der Waals surface area contributed by atoms with E-state index in [9.17, 15) is 0 Å². The van der Waals surface area contributed by atoms with Crippen LogP contribution in [0.15, 0.2) is 11.6 Å². The monoisotopic (exact) mass is 154 g/mol. The Balaban J connectivity index is 2.17. The van der Waals surface area contributed by atoms with Gasteiger partial charge in [-0.15, -0.1) is 0 Å². The maximum Gasteiger partial charge on any atom is 0.161 e. The van der Waals surface area contributed by atoms with E-state index in [0.29, 0.717) is 5.92 Å². The van der Waals surface area contributed by atoms with Crippen LogP contribution in [-0.4, -0.2) is 19.0 Å². The summed E-state index contributed by atoms with van der Waals surface area (Å²) in [6.07, 6.45) is 3.64. The summed E-state index contributed by atoms with van der Waals surface area (Å²) >= 11 is 0. The normalized spacial score (nSPS) is 46.7. The molecule has 0 aromatic heterocycles. The van der Waals surface area contributed by atoms with Gasteiger partial charge in [0.25, 0.3) is 0 Å². The average molecular weight is 154 g/mol. The maximum absolute atomic E-state index is 5.62. The summed E-state index contributed by atoms with van der Waals surface area (Å²) in [6, 6.07) is 0. The molecule has 3 unspecified atom stereocenters. The van der Waals surface area contributed by atoms with Gasteiger partial charge in [0.05, 0.1) is 6.61 Å². The van der Waals surface area contributed by atoms with E-state index in [1.54, 1.807) is 0 Å². The SMILES string of the molecule is CC=C1CC(C)C2OCC1O2. The molecule has 62 valence electrons. The van der Waals surface area contributed by atoms with Crippen LogP contribution in [0.5, 0.6) is 0 Å². The summed E-state index contributed by atoms with van der Waals surface area (Å²) in [4.78, 5) is 0. The molecular weight excluding hydrogens is 140 g/mol. The molecule has 0 N–H and O–H groups in total. The Bertz CT molecular complexity index is 186. The molecule has 2 fully saturated rings. The lowest BCUT2D eigenvalue weighted by molar-refractivity contribution is -0.101. The fourth-order valence-corrected chi connectivity index (χ4v) is 1.82. The lowest BCUT2D eigenvalue weighted by Crippen LogP contribution is -2.28. The molecule has 2 bridgehead atoms. The van der Waals surface area contributed by atoms with Crippen molar-refractivity contribution in [3.05, 3.63) is 11.6 Å². The molecule has 2 nitrogen and oxygen atoms in total. The van der Waals surface area contributed by atoms with Crippen molar-refractivity contribution in [2.75, 3.05) is 6.61 Å². The Morgan fingerprint density at radius 3 is 3.09 bits per heavy atom. The molecule has 0 spiro atoms. The molecule has 0 radical (unpaired) electrons. The van der Waals surface area contributed by atoms with Crippen molar-refractivity contribution in [2.45, 2.75) is 32.7 Å². The van der Waals surface area contributed by atoms with Crippen molar-refractivity contribution in [3.8, 4) is 0 Å². The van der Waals surface area contributed by atoms with E-state index in [1.165, 1.54) is 5.57 Å². The molecule has 2 heteroatoms. The molecule has 3 atom stereocenters. The molecule has 0 aliphatic carbocycles. The van der Waals surface area contributed by atoms with Crippen LogP contribution in [0.2, 0.25) is 0 Å². The van der Waals surface area contributed by atoms with Crippen molar-refractivity contribution in [1.82, 2.24) is 0 Å². The Labute approximate surface area is 67.2 Å². The predicted molar refractivity (Wildman–Crippen MR) is 42.2 cm³/mol. The number of hydrogen-bond donors (Lipinski definition) is 0. The van der Waals surface area contributed by atoms with Crippen LogP contribution in [-0.2, 0) is 9.47 Å². The molecule has 2 rings (SSSR count). The lowest BCUT2D eigenvalue weighted by atomic mass is 9.95. The fraction of sp³-hybridized carbons (Fsp3) is 0.778. The van der Waals surface area contributed by atoms with Gasteiger partial charge in [-0.3, -0.25) is 0 Å². The molecule has 0 aromatic carbocycles. The summed E-state index contributed by atoms with van der Waals surface area (Å²) in [5.74, 6) is 0.528. The Morgan fingerprint density at radius 2 is 2.36 bits per heavy atom. The highest BCUT2D eigenvalue weighted by molar-refractivity contribution is 5.12. The Hall–Kier alpha value is -0.340. The molecule has 0 saturated carbocycles. The third-order valence-corrected chi connectivity index (χ3v) is 2.52. The van der Waals surface area contributed by atoms with Gasteiger partial charge < -0.3 is 9.47 Å². The fourth-order valence-electron chi connectivity index (χ4n) is 1.82. The van der Waals surface area contributed by atoms with Gasteiger partial charge >= 0.3 is 0 Å². The summed E-state index contributed by atoms with van der Waals surface area (Å²) in [5.41, 5.74) is 1.41. The van der Waals surface area contributed by atoms with Crippen LogP contribution in [0, 0.1) is 5.92 Å². The van der Waals surface area contributed by atoms with Gasteiger partial charge in [-0.05, 0) is 18.9 Å². The van der Waals surface area contributed by atoms with Gasteiger partial charge in [0.15, 0.2) is 6.29 Å². The smallest absolute Gasteiger partial charge is 0.161 e. The molecule has 0 amide bonds. The second-order valence-corrected chi connectivity index (χ2v) is 3.37. The molecule has 11 heavy (non-hydrogen) atoms. The second kappa shape index (κ2) is 2.61. The summed E-state index contributed by atoms with van der Waals surface area (Å²) in [7, 11) is 0. The van der Waals surface area contributed by atoms with Crippen LogP contribution in [0.4, 0.5) is 0 Å². The number of rotatable bonds is 0. The number of fused-ring (bicyclic) bond motifs is 2. The molecule has 2 saturated heterocycles. The van der Waals surface area contributed by atoms with E-state index in [0.717, 1.165) is 13.0 Å². The van der Waals surface area contributed by atoms with Crippen LogP contribution >= 0.6 is 0 Å². The zero-order chi connectivity index (χ0) is 7.84. The van der Waals surface area contributed by atoms with E-state index in [2.05, 4.69) is 19.9 Å². The summed E-state index contributed by atoms with van der Waals surface area (Å²) in [5, 5.41) is 0. The van der Waals surface area contributed by atoms with Gasteiger partial charge in [0.1, 0.15) is 6.10 Å². The van der Waals surface area contributed by atoms with Crippen molar-refractivity contribution in [1.29, 1.82) is 0 Å². The molecule has 2 heterocycles. The first-order valence-corrected chi connectivity index (χ1v) is 4.23. The van der Waals surface area contributed by atoms with E-state index in [-0.39, 0.29) is 12.4 Å². The van der Waals surface area contributed by atoms with Gasteiger partial charge in [-0.2, -0.15) is 0 Å². The second-order valence-electron chi connectivity index (χ2n) is 3.37. The number of hydrogen-bond acceptors (Lipinski definition) is 2. The Kier molecular flexibility index (Phi) is 1.74. The number of allylic oxidation sites excluding steroid dienone is 1. The van der Waals surface area contributed by atoms with Crippen LogP contribution in [0.25, 0.3) is 0 Å². The zero-order valence-corrected chi connectivity index (χ0v) is 7.04. The highest BCUT2D eigenvalue weighted by Gasteiger charge is 2.37. The molecule has 2 aliphatic heterocycles. The minimum Gasteiger partial charge on any atom is -0.349 e. The molecule has 0 aromatic rings. The summed E-state index contributed by atoms with van der Waals surface area (Å²) < 4.78 is 11.1. The first-order valence-electron chi connectivity index (χ1n) is 4.23. The van der Waals surface area contributed by atoms with E-state index >= 15 is 0 Å². The van der Waals surface area contributed by atoms with Crippen molar-refractivity contribution < 1.29 is 9.47 Å².